The van der Waals surface area contributed by atoms with Crippen LogP contribution in [0.5, 0.6) is 0 Å². The van der Waals surface area contributed by atoms with E-state index in [-0.39, 0.29) is 0 Å². The summed E-state index contributed by atoms with van der Waals surface area (Å²) in [7, 11) is 0. The van der Waals surface area contributed by atoms with E-state index in [4.69, 9.17) is 11.6 Å². The highest BCUT2D eigenvalue weighted by Crippen LogP contribution is 2.12. The lowest BCUT2D eigenvalue weighted by atomic mass is 10.2. The second-order valence-corrected chi connectivity index (χ2v) is 4.25. The third kappa shape index (κ3) is 4.55. The lowest BCUT2D eigenvalue weighted by Crippen LogP contribution is -2.11. The number of nitrogens with one attached hydrogen (secondary N) is 1. The van der Waals surface area contributed by atoms with Gasteiger partial charge in [-0.1, -0.05) is 23.7 Å². The maximum absolute atomic E-state index is 10.3. The van der Waals surface area contributed by atoms with Crippen LogP contribution in [-0.4, -0.2) is 11.2 Å². The Hall–Kier alpha value is -1.20. The minimum atomic E-state index is -0.472. The number of hydrogen-bond donors (Lipinski definition) is 1. The average molecular weight is 259 g/mol. The summed E-state index contributed by atoms with van der Waals surface area (Å²) in [4.78, 5) is 9.81. The van der Waals surface area contributed by atoms with Gasteiger partial charge in [-0.15, -0.1) is 11.8 Å². The van der Waals surface area contributed by atoms with Crippen LogP contribution in [0.2, 0.25) is 5.02 Å². The molecule has 1 aromatic rings. The molecular weight excluding hydrogens is 248 g/mol. The van der Waals surface area contributed by atoms with Gasteiger partial charge in [-0.2, -0.15) is 0 Å². The van der Waals surface area contributed by atoms with Crippen LogP contribution < -0.4 is 5.32 Å². The fourth-order valence-electron chi connectivity index (χ4n) is 1.06. The third-order valence-electron chi connectivity index (χ3n) is 1.82. The number of halogens is 1. The molecule has 0 saturated carbocycles. The molecule has 0 atom stereocenters. The van der Waals surface area contributed by atoms with Crippen LogP contribution in [0.25, 0.3) is 0 Å². The van der Waals surface area contributed by atoms with Crippen molar-refractivity contribution in [2.75, 3.05) is 6.26 Å². The van der Waals surface area contributed by atoms with Gasteiger partial charge in [0.1, 0.15) is 5.03 Å². The van der Waals surface area contributed by atoms with Gasteiger partial charge >= 0.3 is 0 Å². The second kappa shape index (κ2) is 6.40. The van der Waals surface area contributed by atoms with Gasteiger partial charge in [0.25, 0.3) is 6.20 Å². The molecule has 0 aliphatic heterocycles. The zero-order valence-electron chi connectivity index (χ0n) is 8.64. The van der Waals surface area contributed by atoms with E-state index in [2.05, 4.69) is 5.32 Å². The molecule has 0 bridgehead atoms. The van der Waals surface area contributed by atoms with Gasteiger partial charge in [0, 0.05) is 11.6 Å². The monoisotopic (exact) mass is 258 g/mol. The Kier molecular flexibility index (Phi) is 5.14. The molecule has 0 aliphatic carbocycles. The Bertz CT molecular complexity index is 392. The molecule has 0 aliphatic rings. The first kappa shape index (κ1) is 12.9. The van der Waals surface area contributed by atoms with Crippen molar-refractivity contribution in [2.45, 2.75) is 6.54 Å². The topological polar surface area (TPSA) is 55.2 Å². The van der Waals surface area contributed by atoms with Gasteiger partial charge in [-0.05, 0) is 24.0 Å². The molecule has 4 nitrogen and oxygen atoms in total. The number of rotatable bonds is 5. The summed E-state index contributed by atoms with van der Waals surface area (Å²) in [5.41, 5.74) is 1.02. The van der Waals surface area contributed by atoms with Crippen molar-refractivity contribution >= 4 is 23.4 Å². The molecule has 1 aromatic carbocycles. The van der Waals surface area contributed by atoms with Gasteiger partial charge in [0.05, 0.1) is 4.92 Å². The summed E-state index contributed by atoms with van der Waals surface area (Å²) in [6.07, 6.45) is 2.74. The van der Waals surface area contributed by atoms with Crippen molar-refractivity contribution in [2.24, 2.45) is 0 Å². The first-order chi connectivity index (χ1) is 7.61. The number of thioether (sulfide) groups is 1. The Balaban J connectivity index is 2.56. The van der Waals surface area contributed by atoms with Crippen molar-refractivity contribution < 1.29 is 4.92 Å². The number of hydrogen-bond acceptors (Lipinski definition) is 4. The Morgan fingerprint density at radius 1 is 1.56 bits per heavy atom. The zero-order valence-corrected chi connectivity index (χ0v) is 10.2. The standard InChI is InChI=1S/C10H11ClN2O2S/c1-16-10(7-13(14)15)12-6-8-2-4-9(11)5-3-8/h2-5,7,12H,6H2,1H3/b10-7-. The van der Waals surface area contributed by atoms with Crippen molar-refractivity contribution in [3.05, 3.63) is 56.2 Å². The fourth-order valence-corrected chi connectivity index (χ4v) is 1.59. The second-order valence-electron chi connectivity index (χ2n) is 2.96. The summed E-state index contributed by atoms with van der Waals surface area (Å²) in [5.74, 6) is 0. The van der Waals surface area contributed by atoms with Crippen LogP contribution in [0.1, 0.15) is 5.56 Å². The van der Waals surface area contributed by atoms with Gasteiger partial charge < -0.3 is 5.32 Å². The van der Waals surface area contributed by atoms with E-state index < -0.39 is 4.92 Å². The largest absolute Gasteiger partial charge is 0.371 e. The zero-order chi connectivity index (χ0) is 12.0. The van der Waals surface area contributed by atoms with Gasteiger partial charge in [0.15, 0.2) is 0 Å². The molecule has 0 saturated heterocycles. The van der Waals surface area contributed by atoms with Crippen LogP contribution in [0.15, 0.2) is 35.5 Å². The maximum Gasteiger partial charge on any atom is 0.263 e. The maximum atomic E-state index is 10.3. The van der Waals surface area contributed by atoms with Crippen LogP contribution in [0.3, 0.4) is 0 Å². The predicted octanol–water partition coefficient (Wildman–Crippen LogP) is 2.87. The quantitative estimate of drug-likeness (QED) is 0.652. The minimum absolute atomic E-state index is 0.472. The van der Waals surface area contributed by atoms with Crippen molar-refractivity contribution in [1.82, 2.24) is 5.32 Å². The normalized spacial score (nSPS) is 11.2. The summed E-state index contributed by atoms with van der Waals surface area (Å²) in [5, 5.41) is 14.5. The van der Waals surface area contributed by atoms with E-state index >= 15 is 0 Å². The highest BCUT2D eigenvalue weighted by atomic mass is 35.5. The molecule has 86 valence electrons. The lowest BCUT2D eigenvalue weighted by Gasteiger charge is -2.06. The number of nitrogens with zero attached hydrogens (tertiary/aromatic N) is 1. The Labute approximate surface area is 103 Å². The van der Waals surface area contributed by atoms with E-state index in [1.54, 1.807) is 18.4 Å². The summed E-state index contributed by atoms with van der Waals surface area (Å²) < 4.78 is 0. The Morgan fingerprint density at radius 2 is 2.19 bits per heavy atom. The molecule has 0 spiro atoms. The third-order valence-corrected chi connectivity index (χ3v) is 2.76. The molecule has 0 fully saturated rings. The van der Waals surface area contributed by atoms with E-state index in [0.717, 1.165) is 11.8 Å². The smallest absolute Gasteiger partial charge is 0.263 e. The van der Waals surface area contributed by atoms with E-state index in [1.165, 1.54) is 11.8 Å². The van der Waals surface area contributed by atoms with Crippen LogP contribution in [0.4, 0.5) is 0 Å². The molecule has 6 heteroatoms. The van der Waals surface area contributed by atoms with Crippen molar-refractivity contribution in [3.63, 3.8) is 0 Å². The van der Waals surface area contributed by atoms with E-state index in [9.17, 15) is 10.1 Å². The van der Waals surface area contributed by atoms with E-state index in [1.807, 2.05) is 12.1 Å². The van der Waals surface area contributed by atoms with E-state index in [0.29, 0.717) is 16.6 Å². The molecule has 0 radical (unpaired) electrons. The van der Waals surface area contributed by atoms with Gasteiger partial charge in [-0.3, -0.25) is 10.1 Å². The van der Waals surface area contributed by atoms with Crippen LogP contribution in [0, 0.1) is 10.1 Å². The van der Waals surface area contributed by atoms with Crippen LogP contribution >= 0.6 is 23.4 Å². The summed E-state index contributed by atoms with van der Waals surface area (Å²) in [6.45, 7) is 0.539. The predicted molar refractivity (Wildman–Crippen MR) is 66.9 cm³/mol. The minimum Gasteiger partial charge on any atom is -0.371 e. The number of nitro groups is 1. The summed E-state index contributed by atoms with van der Waals surface area (Å²) >= 11 is 7.05. The highest BCUT2D eigenvalue weighted by molar-refractivity contribution is 8.02. The molecule has 0 heterocycles. The lowest BCUT2D eigenvalue weighted by molar-refractivity contribution is -0.403. The summed E-state index contributed by atoms with van der Waals surface area (Å²) in [6, 6.07) is 7.32. The molecule has 0 unspecified atom stereocenters. The fraction of sp³-hybridized carbons (Fsp3) is 0.200. The first-order valence-corrected chi connectivity index (χ1v) is 6.09. The molecule has 0 aromatic heterocycles. The molecule has 1 N–H and O–H groups in total. The van der Waals surface area contributed by atoms with Crippen LogP contribution in [-0.2, 0) is 6.54 Å². The molecule has 0 amide bonds. The van der Waals surface area contributed by atoms with Crippen molar-refractivity contribution in [1.29, 1.82) is 0 Å². The highest BCUT2D eigenvalue weighted by Gasteiger charge is 2.00. The number of benzene rings is 1. The molecular formula is C10H11ClN2O2S. The van der Waals surface area contributed by atoms with Gasteiger partial charge in [0.2, 0.25) is 0 Å². The molecule has 16 heavy (non-hydrogen) atoms. The molecule has 1 rings (SSSR count). The van der Waals surface area contributed by atoms with Crippen molar-refractivity contribution in [3.8, 4) is 0 Å². The average Bonchev–Trinajstić information content (AvgIpc) is 2.26. The Morgan fingerprint density at radius 3 is 2.69 bits per heavy atom. The first-order valence-electron chi connectivity index (χ1n) is 4.49. The van der Waals surface area contributed by atoms with Gasteiger partial charge in [-0.25, -0.2) is 0 Å². The SMILES string of the molecule is CS/C(=C\[N+](=O)[O-])NCc1ccc(Cl)cc1.